The van der Waals surface area contributed by atoms with Crippen LogP contribution in [0.5, 0.6) is 0 Å². The van der Waals surface area contributed by atoms with Gasteiger partial charge in [0.1, 0.15) is 0 Å². The van der Waals surface area contributed by atoms with Crippen LogP contribution in [0.2, 0.25) is 0 Å². The Morgan fingerprint density at radius 2 is 1.65 bits per heavy atom. The lowest BCUT2D eigenvalue weighted by molar-refractivity contribution is -0.00631. The van der Waals surface area contributed by atoms with Crippen molar-refractivity contribution in [1.82, 2.24) is 0 Å². The Hall–Kier alpha value is -0.600. The molecule has 6 atom stereocenters. The SMILES string of the molecule is CCCC/C=C(\C)CCCC(C)CCCC(C)CCC1=CC(O)C(C)C(C)C1OCC. The van der Waals surface area contributed by atoms with E-state index in [0.717, 1.165) is 24.9 Å². The molecular formula is C29H54O2. The fraction of sp³-hybridized carbons (Fsp3) is 0.862. The molecule has 1 aliphatic rings. The van der Waals surface area contributed by atoms with Crippen molar-refractivity contribution in [3.05, 3.63) is 23.3 Å². The zero-order valence-electron chi connectivity index (χ0n) is 22.0. The molecule has 0 saturated heterocycles. The summed E-state index contributed by atoms with van der Waals surface area (Å²) in [4.78, 5) is 0. The van der Waals surface area contributed by atoms with Gasteiger partial charge in [-0.05, 0) is 75.2 Å². The molecule has 0 amide bonds. The fourth-order valence-electron chi connectivity index (χ4n) is 4.95. The Kier molecular flexibility index (Phi) is 14.7. The van der Waals surface area contributed by atoms with E-state index in [1.807, 2.05) is 0 Å². The third-order valence-corrected chi connectivity index (χ3v) is 7.58. The van der Waals surface area contributed by atoms with Gasteiger partial charge < -0.3 is 9.84 Å². The molecule has 0 heterocycles. The second-order valence-corrected chi connectivity index (χ2v) is 10.6. The molecule has 1 rings (SSSR count). The smallest absolute Gasteiger partial charge is 0.0814 e. The zero-order chi connectivity index (χ0) is 23.2. The van der Waals surface area contributed by atoms with Gasteiger partial charge in [0.15, 0.2) is 0 Å². The first-order chi connectivity index (χ1) is 14.8. The monoisotopic (exact) mass is 434 g/mol. The van der Waals surface area contributed by atoms with Gasteiger partial charge >= 0.3 is 0 Å². The summed E-state index contributed by atoms with van der Waals surface area (Å²) in [7, 11) is 0. The van der Waals surface area contributed by atoms with Crippen LogP contribution in [0.25, 0.3) is 0 Å². The van der Waals surface area contributed by atoms with Crippen LogP contribution in [-0.2, 0) is 4.74 Å². The van der Waals surface area contributed by atoms with Gasteiger partial charge in [0.25, 0.3) is 0 Å². The molecule has 6 unspecified atom stereocenters. The van der Waals surface area contributed by atoms with Gasteiger partial charge in [-0.2, -0.15) is 0 Å². The highest BCUT2D eigenvalue weighted by Crippen LogP contribution is 2.35. The maximum Gasteiger partial charge on any atom is 0.0814 e. The minimum absolute atomic E-state index is 0.190. The average molecular weight is 435 g/mol. The van der Waals surface area contributed by atoms with E-state index in [1.165, 1.54) is 69.8 Å². The molecule has 2 nitrogen and oxygen atoms in total. The number of rotatable bonds is 16. The van der Waals surface area contributed by atoms with Crippen LogP contribution >= 0.6 is 0 Å². The van der Waals surface area contributed by atoms with Gasteiger partial charge in [0.2, 0.25) is 0 Å². The molecule has 1 N–H and O–H groups in total. The van der Waals surface area contributed by atoms with Crippen LogP contribution in [0, 0.1) is 23.7 Å². The van der Waals surface area contributed by atoms with Gasteiger partial charge in [-0.1, -0.05) is 90.9 Å². The highest BCUT2D eigenvalue weighted by Gasteiger charge is 2.34. The third kappa shape index (κ3) is 11.2. The fourth-order valence-corrected chi connectivity index (χ4v) is 4.95. The van der Waals surface area contributed by atoms with Gasteiger partial charge in [-0.3, -0.25) is 0 Å². The Bertz CT molecular complexity index is 521. The van der Waals surface area contributed by atoms with Gasteiger partial charge in [0.05, 0.1) is 12.2 Å². The van der Waals surface area contributed by atoms with E-state index in [2.05, 4.69) is 60.6 Å². The molecular weight excluding hydrogens is 380 g/mol. The molecule has 2 heteroatoms. The van der Waals surface area contributed by atoms with Gasteiger partial charge in [-0.25, -0.2) is 0 Å². The molecule has 0 bridgehead atoms. The molecule has 0 aromatic heterocycles. The van der Waals surface area contributed by atoms with E-state index in [-0.39, 0.29) is 18.1 Å². The standard InChI is InChI=1S/C29H54O2/c1-8-10-11-14-22(3)15-12-16-23(4)17-13-18-24(5)19-20-27-21-28(30)25(6)26(7)29(27)31-9-2/h14,21,23-26,28-30H,8-13,15-20H2,1-7H3/b22-14+. The van der Waals surface area contributed by atoms with Crippen LogP contribution < -0.4 is 0 Å². The second-order valence-electron chi connectivity index (χ2n) is 10.6. The summed E-state index contributed by atoms with van der Waals surface area (Å²) in [5.41, 5.74) is 2.92. The Morgan fingerprint density at radius 1 is 1.00 bits per heavy atom. The van der Waals surface area contributed by atoms with E-state index in [4.69, 9.17) is 4.74 Å². The van der Waals surface area contributed by atoms with E-state index < -0.39 is 0 Å². The molecule has 0 aromatic rings. The number of allylic oxidation sites excluding steroid dienone is 2. The van der Waals surface area contributed by atoms with Crippen molar-refractivity contribution in [2.24, 2.45) is 23.7 Å². The van der Waals surface area contributed by atoms with Crippen molar-refractivity contribution in [1.29, 1.82) is 0 Å². The van der Waals surface area contributed by atoms with Crippen molar-refractivity contribution in [2.45, 2.75) is 131 Å². The molecule has 0 spiro atoms. The van der Waals surface area contributed by atoms with E-state index in [9.17, 15) is 5.11 Å². The summed E-state index contributed by atoms with van der Waals surface area (Å²) < 4.78 is 6.07. The molecule has 1 aliphatic carbocycles. The summed E-state index contributed by atoms with van der Waals surface area (Å²) in [5.74, 6) is 2.24. The maximum absolute atomic E-state index is 10.4. The Balaban J connectivity index is 2.27. The van der Waals surface area contributed by atoms with E-state index in [0.29, 0.717) is 5.92 Å². The number of aliphatic hydroxyl groups excluding tert-OH is 1. The van der Waals surface area contributed by atoms with E-state index in [1.54, 1.807) is 5.57 Å². The molecule has 0 aliphatic heterocycles. The predicted molar refractivity (Wildman–Crippen MR) is 136 cm³/mol. The molecule has 0 fully saturated rings. The predicted octanol–water partition coefficient (Wildman–Crippen LogP) is 8.49. The Morgan fingerprint density at radius 3 is 2.29 bits per heavy atom. The summed E-state index contributed by atoms with van der Waals surface area (Å²) in [6, 6.07) is 0. The normalized spacial score (nSPS) is 26.6. The van der Waals surface area contributed by atoms with Crippen molar-refractivity contribution in [3.63, 3.8) is 0 Å². The molecule has 182 valence electrons. The van der Waals surface area contributed by atoms with Crippen LogP contribution in [0.4, 0.5) is 0 Å². The minimum Gasteiger partial charge on any atom is -0.389 e. The lowest BCUT2D eigenvalue weighted by atomic mass is 9.76. The van der Waals surface area contributed by atoms with Crippen LogP contribution in [0.15, 0.2) is 23.3 Å². The summed E-state index contributed by atoms with van der Waals surface area (Å²) >= 11 is 0. The molecule has 0 aromatic carbocycles. The summed E-state index contributed by atoms with van der Waals surface area (Å²) in [5, 5.41) is 10.4. The topological polar surface area (TPSA) is 29.5 Å². The first kappa shape index (κ1) is 28.4. The number of hydrogen-bond donors (Lipinski definition) is 1. The van der Waals surface area contributed by atoms with Gasteiger partial charge in [0, 0.05) is 6.61 Å². The van der Waals surface area contributed by atoms with Crippen LogP contribution in [-0.4, -0.2) is 23.9 Å². The maximum atomic E-state index is 10.4. The third-order valence-electron chi connectivity index (χ3n) is 7.58. The average Bonchev–Trinajstić information content (AvgIpc) is 2.73. The minimum atomic E-state index is -0.317. The largest absolute Gasteiger partial charge is 0.389 e. The number of unbranched alkanes of at least 4 members (excludes halogenated alkanes) is 2. The van der Waals surface area contributed by atoms with Crippen molar-refractivity contribution < 1.29 is 9.84 Å². The molecule has 31 heavy (non-hydrogen) atoms. The summed E-state index contributed by atoms with van der Waals surface area (Å²) in [6.45, 7) is 16.6. The van der Waals surface area contributed by atoms with Crippen molar-refractivity contribution in [2.75, 3.05) is 6.61 Å². The lowest BCUT2D eigenvalue weighted by Gasteiger charge is -2.37. The van der Waals surface area contributed by atoms with Crippen LogP contribution in [0.1, 0.15) is 119 Å². The zero-order valence-corrected chi connectivity index (χ0v) is 22.0. The number of aliphatic hydroxyl groups is 1. The van der Waals surface area contributed by atoms with E-state index >= 15 is 0 Å². The Labute approximate surface area is 194 Å². The summed E-state index contributed by atoms with van der Waals surface area (Å²) in [6.07, 6.45) is 18.6. The van der Waals surface area contributed by atoms with Crippen molar-refractivity contribution in [3.8, 4) is 0 Å². The highest BCUT2D eigenvalue weighted by atomic mass is 16.5. The number of ether oxygens (including phenoxy) is 1. The second kappa shape index (κ2) is 16.1. The highest BCUT2D eigenvalue weighted by molar-refractivity contribution is 5.18. The first-order valence-electron chi connectivity index (χ1n) is 13.5. The molecule has 0 saturated carbocycles. The van der Waals surface area contributed by atoms with Crippen molar-refractivity contribution >= 4 is 0 Å². The van der Waals surface area contributed by atoms with Gasteiger partial charge in [-0.15, -0.1) is 0 Å². The number of hydrogen-bond acceptors (Lipinski definition) is 2. The quantitative estimate of drug-likeness (QED) is 0.195. The molecule has 0 radical (unpaired) electrons. The lowest BCUT2D eigenvalue weighted by Crippen LogP contribution is -2.39. The van der Waals surface area contributed by atoms with Crippen LogP contribution in [0.3, 0.4) is 0 Å². The first-order valence-corrected chi connectivity index (χ1v) is 13.5.